The maximum absolute atomic E-state index is 12.0. The van der Waals surface area contributed by atoms with Crippen molar-refractivity contribution in [1.82, 2.24) is 5.43 Å². The van der Waals surface area contributed by atoms with Gasteiger partial charge in [0.05, 0.1) is 21.3 Å². The first-order chi connectivity index (χ1) is 11.0. The van der Waals surface area contributed by atoms with Crippen molar-refractivity contribution in [2.24, 2.45) is 5.10 Å². The van der Waals surface area contributed by atoms with Crippen LogP contribution in [0.15, 0.2) is 35.4 Å². The van der Waals surface area contributed by atoms with Gasteiger partial charge in [-0.05, 0) is 24.3 Å². The minimum atomic E-state index is -0.420. The van der Waals surface area contributed by atoms with E-state index in [1.165, 1.54) is 18.3 Å². The Balaban J connectivity index is 1.71. The van der Waals surface area contributed by atoms with Crippen LogP contribution in [0.25, 0.3) is 0 Å². The average molecular weight is 372 g/mol. The normalized spacial score (nSPS) is 12.7. The molecule has 1 amide bonds. The number of hydrazone groups is 1. The van der Waals surface area contributed by atoms with Gasteiger partial charge in [0.25, 0.3) is 5.91 Å². The lowest BCUT2D eigenvalue weighted by Crippen LogP contribution is -2.17. The van der Waals surface area contributed by atoms with Gasteiger partial charge in [-0.15, -0.1) is 0 Å². The molecule has 0 atom stereocenters. The molecule has 0 aliphatic carbocycles. The van der Waals surface area contributed by atoms with E-state index >= 15 is 0 Å². The summed E-state index contributed by atoms with van der Waals surface area (Å²) in [5.41, 5.74) is 3.32. The molecule has 2 aromatic rings. The Morgan fingerprint density at radius 2 is 1.78 bits per heavy atom. The van der Waals surface area contributed by atoms with Crippen molar-refractivity contribution in [3.8, 4) is 11.5 Å². The lowest BCUT2D eigenvalue weighted by atomic mass is 10.2. The fraction of sp³-hybridized carbons (Fsp3) is 0.0667. The highest BCUT2D eigenvalue weighted by molar-refractivity contribution is 6.42. The summed E-state index contributed by atoms with van der Waals surface area (Å²) in [5.74, 6) is 0.732. The molecule has 0 saturated carbocycles. The highest BCUT2D eigenvalue weighted by Crippen LogP contribution is 2.36. The van der Waals surface area contributed by atoms with Crippen molar-refractivity contribution >= 4 is 46.9 Å². The van der Waals surface area contributed by atoms with Crippen LogP contribution in [0, 0.1) is 0 Å². The van der Waals surface area contributed by atoms with Crippen LogP contribution in [0.3, 0.4) is 0 Å². The van der Waals surface area contributed by atoms with E-state index in [0.29, 0.717) is 37.7 Å². The van der Waals surface area contributed by atoms with Gasteiger partial charge in [0.1, 0.15) is 0 Å². The number of halogens is 3. The van der Waals surface area contributed by atoms with Crippen molar-refractivity contribution < 1.29 is 14.3 Å². The third-order valence-corrected chi connectivity index (χ3v) is 4.11. The summed E-state index contributed by atoms with van der Waals surface area (Å²) in [7, 11) is 0. The van der Waals surface area contributed by atoms with Crippen LogP contribution in [-0.4, -0.2) is 18.9 Å². The van der Waals surface area contributed by atoms with Gasteiger partial charge >= 0.3 is 0 Å². The number of carbonyl (C=O) groups is 1. The first kappa shape index (κ1) is 15.9. The van der Waals surface area contributed by atoms with Crippen molar-refractivity contribution in [3.05, 3.63) is 56.5 Å². The zero-order valence-electron chi connectivity index (χ0n) is 11.5. The summed E-state index contributed by atoms with van der Waals surface area (Å²) in [6.07, 6.45) is 1.42. The largest absolute Gasteiger partial charge is 0.454 e. The van der Waals surface area contributed by atoms with E-state index in [0.717, 1.165) is 0 Å². The summed E-state index contributed by atoms with van der Waals surface area (Å²) in [5, 5.41) is 4.97. The Labute approximate surface area is 146 Å². The topological polar surface area (TPSA) is 59.9 Å². The van der Waals surface area contributed by atoms with E-state index in [9.17, 15) is 4.79 Å². The molecule has 0 bridgehead atoms. The Morgan fingerprint density at radius 3 is 2.52 bits per heavy atom. The number of ether oxygens (including phenoxy) is 2. The molecule has 1 aliphatic rings. The van der Waals surface area contributed by atoms with Gasteiger partial charge < -0.3 is 9.47 Å². The number of hydrogen-bond acceptors (Lipinski definition) is 4. The van der Waals surface area contributed by atoms with Crippen molar-refractivity contribution in [3.63, 3.8) is 0 Å². The molecule has 0 aromatic heterocycles. The molecule has 0 radical (unpaired) electrons. The van der Waals surface area contributed by atoms with E-state index in [2.05, 4.69) is 10.5 Å². The van der Waals surface area contributed by atoms with Crippen LogP contribution in [0.2, 0.25) is 15.1 Å². The second-order valence-corrected chi connectivity index (χ2v) is 5.78. The van der Waals surface area contributed by atoms with Crippen LogP contribution in [0.5, 0.6) is 11.5 Å². The molecule has 0 fully saturated rings. The number of fused-ring (bicyclic) bond motifs is 1. The molecule has 3 rings (SSSR count). The third-order valence-electron chi connectivity index (χ3n) is 3.04. The van der Waals surface area contributed by atoms with E-state index < -0.39 is 5.91 Å². The van der Waals surface area contributed by atoms with Crippen molar-refractivity contribution in [1.29, 1.82) is 0 Å². The van der Waals surface area contributed by atoms with E-state index in [1.807, 2.05) is 0 Å². The lowest BCUT2D eigenvalue weighted by Gasteiger charge is -2.03. The van der Waals surface area contributed by atoms with Gasteiger partial charge in [-0.1, -0.05) is 34.8 Å². The second kappa shape index (κ2) is 6.66. The number of carbonyl (C=O) groups excluding carboxylic acids is 1. The van der Waals surface area contributed by atoms with Crippen LogP contribution in [0.4, 0.5) is 0 Å². The van der Waals surface area contributed by atoms with Crippen molar-refractivity contribution in [2.45, 2.75) is 0 Å². The Hall–Kier alpha value is -1.95. The summed E-state index contributed by atoms with van der Waals surface area (Å²) >= 11 is 17.8. The Morgan fingerprint density at radius 1 is 1.04 bits per heavy atom. The van der Waals surface area contributed by atoms with E-state index in [4.69, 9.17) is 44.3 Å². The third kappa shape index (κ3) is 3.52. The zero-order chi connectivity index (χ0) is 16.4. The second-order valence-electron chi connectivity index (χ2n) is 4.55. The molecule has 8 heteroatoms. The number of hydrogen-bond donors (Lipinski definition) is 1. The molecule has 1 aliphatic heterocycles. The zero-order valence-corrected chi connectivity index (χ0v) is 13.7. The predicted molar refractivity (Wildman–Crippen MR) is 89.1 cm³/mol. The molecular formula is C15H9Cl3N2O3. The molecule has 0 saturated heterocycles. The minimum absolute atomic E-state index is 0.153. The van der Waals surface area contributed by atoms with Crippen LogP contribution >= 0.6 is 34.8 Å². The van der Waals surface area contributed by atoms with Gasteiger partial charge in [0, 0.05) is 17.2 Å². The Bertz CT molecular complexity index is 809. The van der Waals surface area contributed by atoms with E-state index in [1.54, 1.807) is 18.2 Å². The molecule has 1 N–H and O–H groups in total. The summed E-state index contributed by atoms with van der Waals surface area (Å²) < 4.78 is 10.5. The minimum Gasteiger partial charge on any atom is -0.454 e. The average Bonchev–Trinajstić information content (AvgIpc) is 2.97. The Kier molecular flexibility index (Phi) is 4.61. The predicted octanol–water partition coefficient (Wildman–Crippen LogP) is 4.14. The molecule has 118 valence electrons. The first-order valence-electron chi connectivity index (χ1n) is 6.42. The molecule has 1 heterocycles. The number of nitrogens with one attached hydrogen (secondary N) is 1. The number of nitrogens with zero attached hydrogens (tertiary/aromatic N) is 1. The van der Waals surface area contributed by atoms with Crippen molar-refractivity contribution in [2.75, 3.05) is 6.79 Å². The van der Waals surface area contributed by atoms with Gasteiger partial charge in [0.15, 0.2) is 11.5 Å². The molecule has 23 heavy (non-hydrogen) atoms. The molecule has 5 nitrogen and oxygen atoms in total. The summed E-state index contributed by atoms with van der Waals surface area (Å²) in [6.45, 7) is 0.153. The summed E-state index contributed by atoms with van der Waals surface area (Å²) in [6, 6.07) is 7.86. The quantitative estimate of drug-likeness (QED) is 0.651. The highest BCUT2D eigenvalue weighted by Gasteiger charge is 2.15. The number of rotatable bonds is 3. The van der Waals surface area contributed by atoms with E-state index in [-0.39, 0.29) is 6.79 Å². The highest BCUT2D eigenvalue weighted by atomic mass is 35.5. The molecular weight excluding hydrogens is 363 g/mol. The maximum Gasteiger partial charge on any atom is 0.271 e. The standard InChI is InChI=1S/C15H9Cl3N2O3/c16-10-2-1-8(3-12(10)18)15(21)20-19-6-9-4-13-14(5-11(9)17)23-7-22-13/h1-6H,7H2,(H,20,21). The van der Waals surface area contributed by atoms with Gasteiger partial charge in [0.2, 0.25) is 6.79 Å². The van der Waals surface area contributed by atoms with Crippen LogP contribution in [-0.2, 0) is 0 Å². The molecule has 0 spiro atoms. The smallest absolute Gasteiger partial charge is 0.271 e. The fourth-order valence-electron chi connectivity index (χ4n) is 1.89. The van der Waals surface area contributed by atoms with Gasteiger partial charge in [-0.3, -0.25) is 4.79 Å². The number of benzene rings is 2. The van der Waals surface area contributed by atoms with Gasteiger partial charge in [-0.25, -0.2) is 5.43 Å². The monoisotopic (exact) mass is 370 g/mol. The molecule has 0 unspecified atom stereocenters. The molecule has 2 aromatic carbocycles. The number of amides is 1. The summed E-state index contributed by atoms with van der Waals surface area (Å²) in [4.78, 5) is 12.0. The fourth-order valence-corrected chi connectivity index (χ4v) is 2.39. The van der Waals surface area contributed by atoms with Gasteiger partial charge in [-0.2, -0.15) is 5.10 Å². The SMILES string of the molecule is O=C(NN=Cc1cc2c(cc1Cl)OCO2)c1ccc(Cl)c(Cl)c1. The maximum atomic E-state index is 12.0. The first-order valence-corrected chi connectivity index (χ1v) is 7.55. The lowest BCUT2D eigenvalue weighted by molar-refractivity contribution is 0.0955. The van der Waals surface area contributed by atoms with Crippen LogP contribution < -0.4 is 14.9 Å². The van der Waals surface area contributed by atoms with Crippen LogP contribution in [0.1, 0.15) is 15.9 Å².